The first-order chi connectivity index (χ1) is 11.0. The fourth-order valence-corrected chi connectivity index (χ4v) is 2.06. The highest BCUT2D eigenvalue weighted by Gasteiger charge is 2.08. The highest BCUT2D eigenvalue weighted by molar-refractivity contribution is 8.00. The van der Waals surface area contributed by atoms with Crippen molar-refractivity contribution in [2.24, 2.45) is 0 Å². The Kier molecular flexibility index (Phi) is 8.93. The second-order valence-corrected chi connectivity index (χ2v) is 5.56. The monoisotopic (exact) mass is 360 g/mol. The molecule has 7 nitrogen and oxygen atoms in total. The number of hydrogen-bond acceptors (Lipinski definition) is 6. The van der Waals surface area contributed by atoms with Crippen molar-refractivity contribution in [2.75, 3.05) is 24.7 Å². The molecule has 0 saturated carbocycles. The number of halogens is 1. The van der Waals surface area contributed by atoms with Crippen LogP contribution in [0.4, 0.5) is 0 Å². The third-order valence-corrected chi connectivity index (χ3v) is 3.44. The minimum absolute atomic E-state index is 0.0249. The molecular weight excluding hydrogens is 344 g/mol. The minimum atomic E-state index is -0.510. The van der Waals surface area contributed by atoms with Gasteiger partial charge in [-0.2, -0.15) is 0 Å². The number of nitrogens with one attached hydrogen (secondary N) is 2. The molecule has 2 amide bonds. The number of hydrazine groups is 1. The summed E-state index contributed by atoms with van der Waals surface area (Å²) in [6, 6.07) is 6.52. The van der Waals surface area contributed by atoms with Gasteiger partial charge in [0.1, 0.15) is 5.75 Å². The lowest BCUT2D eigenvalue weighted by molar-refractivity contribution is -0.139. The fraction of sp³-hybridized carbons (Fsp3) is 0.357. The highest BCUT2D eigenvalue weighted by Crippen LogP contribution is 2.15. The molecule has 126 valence electrons. The van der Waals surface area contributed by atoms with E-state index < -0.39 is 11.8 Å². The van der Waals surface area contributed by atoms with E-state index in [-0.39, 0.29) is 24.1 Å². The molecule has 0 unspecified atom stereocenters. The van der Waals surface area contributed by atoms with Crippen LogP contribution in [0, 0.1) is 0 Å². The van der Waals surface area contributed by atoms with Crippen molar-refractivity contribution in [3.8, 4) is 5.75 Å². The lowest BCUT2D eigenvalue weighted by atomic mass is 10.3. The maximum Gasteiger partial charge on any atom is 0.315 e. The van der Waals surface area contributed by atoms with Crippen LogP contribution < -0.4 is 15.6 Å². The van der Waals surface area contributed by atoms with Crippen LogP contribution in [-0.4, -0.2) is 42.5 Å². The summed E-state index contributed by atoms with van der Waals surface area (Å²) >= 11 is 6.82. The van der Waals surface area contributed by atoms with E-state index in [9.17, 15) is 14.4 Å². The maximum atomic E-state index is 11.5. The SMILES string of the molecule is CCOC(=O)CSCC(=O)NNC(=O)COc1ccc(Cl)cc1. The van der Waals surface area contributed by atoms with Gasteiger partial charge in [0.05, 0.1) is 18.1 Å². The molecule has 1 rings (SSSR count). The van der Waals surface area contributed by atoms with Crippen LogP contribution in [0.5, 0.6) is 5.75 Å². The van der Waals surface area contributed by atoms with Gasteiger partial charge in [0.15, 0.2) is 6.61 Å². The van der Waals surface area contributed by atoms with E-state index in [2.05, 4.69) is 10.9 Å². The van der Waals surface area contributed by atoms with Crippen LogP contribution in [0.25, 0.3) is 0 Å². The lowest BCUT2D eigenvalue weighted by Crippen LogP contribution is -2.44. The zero-order chi connectivity index (χ0) is 17.1. The summed E-state index contributed by atoms with van der Waals surface area (Å²) in [6.07, 6.45) is 0. The van der Waals surface area contributed by atoms with E-state index in [1.54, 1.807) is 31.2 Å². The molecule has 9 heteroatoms. The normalized spacial score (nSPS) is 9.83. The quantitative estimate of drug-likeness (QED) is 0.534. The number of thioether (sulfide) groups is 1. The van der Waals surface area contributed by atoms with Gasteiger partial charge in [0.2, 0.25) is 5.91 Å². The summed E-state index contributed by atoms with van der Waals surface area (Å²) in [5.41, 5.74) is 4.43. The molecule has 0 fully saturated rings. The molecule has 0 aliphatic heterocycles. The van der Waals surface area contributed by atoms with Crippen LogP contribution in [0.1, 0.15) is 6.92 Å². The number of ether oxygens (including phenoxy) is 2. The molecule has 0 radical (unpaired) electrons. The van der Waals surface area contributed by atoms with Crippen LogP contribution >= 0.6 is 23.4 Å². The van der Waals surface area contributed by atoms with E-state index in [1.807, 2.05) is 0 Å². The summed E-state index contributed by atoms with van der Waals surface area (Å²) < 4.78 is 9.92. The predicted octanol–water partition coefficient (Wildman–Crippen LogP) is 1.16. The number of esters is 1. The van der Waals surface area contributed by atoms with Crippen LogP contribution in [-0.2, 0) is 19.1 Å². The third kappa shape index (κ3) is 8.94. The van der Waals surface area contributed by atoms with Crippen LogP contribution in [0.15, 0.2) is 24.3 Å². The molecule has 0 atom stereocenters. The molecule has 0 spiro atoms. The fourth-order valence-electron chi connectivity index (χ4n) is 1.32. The minimum Gasteiger partial charge on any atom is -0.484 e. The van der Waals surface area contributed by atoms with Gasteiger partial charge in [-0.1, -0.05) is 11.6 Å². The zero-order valence-corrected chi connectivity index (χ0v) is 14.0. The van der Waals surface area contributed by atoms with Crippen LogP contribution in [0.2, 0.25) is 5.02 Å². The van der Waals surface area contributed by atoms with Gasteiger partial charge in [0, 0.05) is 5.02 Å². The molecule has 0 saturated heterocycles. The predicted molar refractivity (Wildman–Crippen MR) is 87.2 cm³/mol. The van der Waals surface area contributed by atoms with Crippen molar-refractivity contribution in [3.63, 3.8) is 0 Å². The Morgan fingerprint density at radius 1 is 1.09 bits per heavy atom. The van der Waals surface area contributed by atoms with Gasteiger partial charge in [-0.25, -0.2) is 0 Å². The number of carbonyl (C=O) groups is 3. The average molecular weight is 361 g/mol. The number of hydrogen-bond donors (Lipinski definition) is 2. The molecule has 1 aromatic carbocycles. The Bertz CT molecular complexity index is 538. The zero-order valence-electron chi connectivity index (χ0n) is 12.5. The summed E-state index contributed by atoms with van der Waals surface area (Å²) in [5.74, 6) is -0.735. The van der Waals surface area contributed by atoms with E-state index >= 15 is 0 Å². The highest BCUT2D eigenvalue weighted by atomic mass is 35.5. The molecule has 2 N–H and O–H groups in total. The van der Waals surface area contributed by atoms with Gasteiger partial charge >= 0.3 is 5.97 Å². The molecule has 0 aromatic heterocycles. The Morgan fingerprint density at radius 3 is 2.39 bits per heavy atom. The number of benzene rings is 1. The number of rotatable bonds is 8. The van der Waals surface area contributed by atoms with Crippen molar-refractivity contribution in [2.45, 2.75) is 6.92 Å². The smallest absolute Gasteiger partial charge is 0.315 e. The molecule has 1 aromatic rings. The first kappa shape index (κ1) is 19.1. The summed E-state index contributed by atoms with van der Waals surface area (Å²) in [5, 5.41) is 0.564. The number of amides is 2. The van der Waals surface area contributed by atoms with Crippen molar-refractivity contribution in [1.82, 2.24) is 10.9 Å². The first-order valence-electron chi connectivity index (χ1n) is 6.70. The van der Waals surface area contributed by atoms with Crippen molar-refractivity contribution in [1.29, 1.82) is 0 Å². The van der Waals surface area contributed by atoms with Gasteiger partial charge in [-0.3, -0.25) is 25.2 Å². The van der Waals surface area contributed by atoms with Crippen molar-refractivity contribution >= 4 is 41.1 Å². The Morgan fingerprint density at radius 2 is 1.74 bits per heavy atom. The Balaban J connectivity index is 2.13. The summed E-state index contributed by atoms with van der Waals surface area (Å²) in [4.78, 5) is 34.0. The topological polar surface area (TPSA) is 93.7 Å². The molecule has 0 aliphatic carbocycles. The van der Waals surface area contributed by atoms with E-state index in [1.165, 1.54) is 0 Å². The van der Waals surface area contributed by atoms with E-state index in [0.717, 1.165) is 11.8 Å². The third-order valence-electron chi connectivity index (χ3n) is 2.28. The molecule has 0 bridgehead atoms. The van der Waals surface area contributed by atoms with E-state index in [0.29, 0.717) is 17.4 Å². The van der Waals surface area contributed by atoms with E-state index in [4.69, 9.17) is 21.1 Å². The second-order valence-electron chi connectivity index (χ2n) is 4.14. The maximum absolute atomic E-state index is 11.5. The van der Waals surface area contributed by atoms with Gasteiger partial charge in [-0.05, 0) is 31.2 Å². The van der Waals surface area contributed by atoms with Crippen LogP contribution in [0.3, 0.4) is 0 Å². The summed E-state index contributed by atoms with van der Waals surface area (Å²) in [7, 11) is 0. The summed E-state index contributed by atoms with van der Waals surface area (Å²) in [6.45, 7) is 1.75. The lowest BCUT2D eigenvalue weighted by Gasteiger charge is -2.08. The molecule has 0 heterocycles. The Labute approximate surface area is 143 Å². The van der Waals surface area contributed by atoms with Gasteiger partial charge in [-0.15, -0.1) is 11.8 Å². The first-order valence-corrected chi connectivity index (χ1v) is 8.24. The standard InChI is InChI=1S/C14H17ClN2O5S/c1-2-21-14(20)9-23-8-13(19)17-16-12(18)7-22-11-5-3-10(15)4-6-11/h3-6H,2,7-9H2,1H3,(H,16,18)(H,17,19). The van der Waals surface area contributed by atoms with Crippen molar-refractivity contribution < 1.29 is 23.9 Å². The molecule has 0 aliphatic rings. The van der Waals surface area contributed by atoms with Gasteiger partial charge < -0.3 is 9.47 Å². The largest absolute Gasteiger partial charge is 0.484 e. The average Bonchev–Trinajstić information content (AvgIpc) is 2.52. The van der Waals surface area contributed by atoms with Gasteiger partial charge in [0.25, 0.3) is 5.91 Å². The van der Waals surface area contributed by atoms with Crippen molar-refractivity contribution in [3.05, 3.63) is 29.3 Å². The molecular formula is C14H17ClN2O5S. The number of carbonyl (C=O) groups excluding carboxylic acids is 3. The molecule has 23 heavy (non-hydrogen) atoms. The second kappa shape index (κ2) is 10.7. The Hall–Kier alpha value is -1.93.